The molecule has 0 N–H and O–H groups in total. The third-order valence-electron chi connectivity index (χ3n) is 1.95. The van der Waals surface area contributed by atoms with Gasteiger partial charge in [-0.15, -0.1) is 0 Å². The summed E-state index contributed by atoms with van der Waals surface area (Å²) in [5.41, 5.74) is 1.89. The minimum absolute atomic E-state index is 0.392. The summed E-state index contributed by atoms with van der Waals surface area (Å²) in [5, 5.41) is 4.70. The maximum absolute atomic E-state index is 5.87. The lowest BCUT2D eigenvalue weighted by Crippen LogP contribution is -2.01. The Labute approximate surface area is 81.4 Å². The summed E-state index contributed by atoms with van der Waals surface area (Å²) in [6.45, 7) is 4.21. The Morgan fingerprint density at radius 2 is 2.23 bits per heavy atom. The molecule has 2 heterocycles. The van der Waals surface area contributed by atoms with Crippen molar-refractivity contribution < 1.29 is 0 Å². The van der Waals surface area contributed by atoms with Crippen molar-refractivity contribution in [1.29, 1.82) is 0 Å². The number of nitrogens with zero attached hydrogens (tertiary/aromatic N) is 3. The molecule has 3 nitrogen and oxygen atoms in total. The monoisotopic (exact) mass is 195 g/mol. The highest BCUT2D eigenvalue weighted by molar-refractivity contribution is 6.29. The molecule has 2 aromatic heterocycles. The normalized spacial score (nSPS) is 11.4. The molecule has 0 unspecified atom stereocenters. The fourth-order valence-electron chi connectivity index (χ4n) is 1.32. The van der Waals surface area contributed by atoms with Crippen LogP contribution in [-0.2, 0) is 0 Å². The van der Waals surface area contributed by atoms with Gasteiger partial charge in [-0.25, -0.2) is 9.50 Å². The van der Waals surface area contributed by atoms with Gasteiger partial charge < -0.3 is 0 Å². The van der Waals surface area contributed by atoms with Gasteiger partial charge in [-0.3, -0.25) is 0 Å². The van der Waals surface area contributed by atoms with E-state index in [1.165, 1.54) is 0 Å². The number of fused-ring (bicyclic) bond motifs is 1. The first-order valence-corrected chi connectivity index (χ1v) is 4.56. The fraction of sp³-hybridized carbons (Fsp3) is 0.333. The van der Waals surface area contributed by atoms with E-state index in [0.717, 1.165) is 11.3 Å². The Bertz CT molecular complexity index is 433. The predicted octanol–water partition coefficient (Wildman–Crippen LogP) is 2.51. The van der Waals surface area contributed by atoms with Crippen LogP contribution in [0.2, 0.25) is 5.15 Å². The molecule has 0 bridgehead atoms. The molecule has 2 rings (SSSR count). The molecule has 0 aliphatic heterocycles. The smallest absolute Gasteiger partial charge is 0.156 e. The van der Waals surface area contributed by atoms with Gasteiger partial charge in [0.2, 0.25) is 0 Å². The van der Waals surface area contributed by atoms with Gasteiger partial charge in [0.05, 0.1) is 11.9 Å². The Kier molecular flexibility index (Phi) is 1.96. The van der Waals surface area contributed by atoms with Crippen molar-refractivity contribution in [3.8, 4) is 0 Å². The van der Waals surface area contributed by atoms with Crippen LogP contribution in [0.15, 0.2) is 18.3 Å². The van der Waals surface area contributed by atoms with Crippen molar-refractivity contribution in [1.82, 2.24) is 14.6 Å². The third-order valence-corrected chi connectivity index (χ3v) is 2.14. The van der Waals surface area contributed by atoms with Crippen LogP contribution in [0.5, 0.6) is 0 Å². The molecule has 0 amide bonds. The number of aromatic nitrogens is 3. The Morgan fingerprint density at radius 1 is 1.46 bits per heavy atom. The van der Waals surface area contributed by atoms with Gasteiger partial charge in [-0.05, 0) is 12.0 Å². The van der Waals surface area contributed by atoms with Crippen molar-refractivity contribution in [3.05, 3.63) is 29.2 Å². The summed E-state index contributed by atoms with van der Waals surface area (Å²) < 4.78 is 1.82. The zero-order valence-corrected chi connectivity index (χ0v) is 8.28. The quantitative estimate of drug-likeness (QED) is 0.655. The number of hydrogen-bond donors (Lipinski definition) is 0. The fourth-order valence-corrected chi connectivity index (χ4v) is 1.51. The van der Waals surface area contributed by atoms with Crippen molar-refractivity contribution >= 4 is 17.2 Å². The number of halogens is 1. The predicted molar refractivity (Wildman–Crippen MR) is 52.1 cm³/mol. The highest BCUT2D eigenvalue weighted by Crippen LogP contribution is 2.18. The molecule has 0 atom stereocenters. The molecule has 0 aliphatic carbocycles. The van der Waals surface area contributed by atoms with Gasteiger partial charge in [0, 0.05) is 6.07 Å². The van der Waals surface area contributed by atoms with Gasteiger partial charge in [0.15, 0.2) is 5.65 Å². The van der Waals surface area contributed by atoms with Crippen LogP contribution >= 0.6 is 11.6 Å². The summed E-state index contributed by atoms with van der Waals surface area (Å²) >= 11 is 5.87. The average molecular weight is 196 g/mol. The molecule has 2 aromatic rings. The molecule has 0 radical (unpaired) electrons. The van der Waals surface area contributed by atoms with Crippen LogP contribution in [-0.4, -0.2) is 14.6 Å². The summed E-state index contributed by atoms with van der Waals surface area (Å²) in [6.07, 6.45) is 1.73. The maximum Gasteiger partial charge on any atom is 0.156 e. The van der Waals surface area contributed by atoms with Crippen LogP contribution in [0.4, 0.5) is 0 Å². The van der Waals surface area contributed by atoms with E-state index in [9.17, 15) is 0 Å². The van der Waals surface area contributed by atoms with E-state index in [2.05, 4.69) is 23.9 Å². The molecule has 0 fully saturated rings. The Balaban J connectivity index is 2.77. The zero-order valence-electron chi connectivity index (χ0n) is 7.53. The van der Waals surface area contributed by atoms with Crippen LogP contribution in [0.25, 0.3) is 5.65 Å². The van der Waals surface area contributed by atoms with Crippen LogP contribution in [0.3, 0.4) is 0 Å². The van der Waals surface area contributed by atoms with E-state index >= 15 is 0 Å². The highest BCUT2D eigenvalue weighted by atomic mass is 35.5. The van der Waals surface area contributed by atoms with E-state index in [1.54, 1.807) is 6.20 Å². The summed E-state index contributed by atoms with van der Waals surface area (Å²) in [7, 11) is 0. The lowest BCUT2D eigenvalue weighted by molar-refractivity contribution is 0.749. The van der Waals surface area contributed by atoms with E-state index in [0.29, 0.717) is 11.1 Å². The van der Waals surface area contributed by atoms with Crippen molar-refractivity contribution in [2.45, 2.75) is 19.8 Å². The second-order valence-corrected chi connectivity index (χ2v) is 3.65. The largest absolute Gasteiger partial charge is 0.219 e. The molecule has 0 spiro atoms. The lowest BCUT2D eigenvalue weighted by Gasteiger charge is -2.07. The van der Waals surface area contributed by atoms with E-state index in [1.807, 2.05) is 16.6 Å². The molecular weight excluding hydrogens is 186 g/mol. The number of hydrogen-bond acceptors (Lipinski definition) is 2. The molecule has 4 heteroatoms. The van der Waals surface area contributed by atoms with E-state index < -0.39 is 0 Å². The van der Waals surface area contributed by atoms with Gasteiger partial charge >= 0.3 is 0 Å². The average Bonchev–Trinajstić information content (AvgIpc) is 2.49. The minimum atomic E-state index is 0.392. The summed E-state index contributed by atoms with van der Waals surface area (Å²) in [5.74, 6) is 0.392. The first-order valence-electron chi connectivity index (χ1n) is 4.18. The van der Waals surface area contributed by atoms with Crippen molar-refractivity contribution in [2.24, 2.45) is 0 Å². The summed E-state index contributed by atoms with van der Waals surface area (Å²) in [6, 6.07) is 3.70. The molecule has 68 valence electrons. The van der Waals surface area contributed by atoms with Crippen LogP contribution < -0.4 is 0 Å². The maximum atomic E-state index is 5.87. The van der Waals surface area contributed by atoms with E-state index in [4.69, 9.17) is 11.6 Å². The molecular formula is C9H10ClN3. The topological polar surface area (TPSA) is 30.2 Å². The lowest BCUT2D eigenvalue weighted by atomic mass is 10.1. The van der Waals surface area contributed by atoms with Crippen LogP contribution in [0.1, 0.15) is 25.5 Å². The first-order chi connectivity index (χ1) is 6.18. The van der Waals surface area contributed by atoms with Gasteiger partial charge in [-0.1, -0.05) is 25.4 Å². The molecule has 0 saturated carbocycles. The van der Waals surface area contributed by atoms with Crippen molar-refractivity contribution in [2.75, 3.05) is 0 Å². The second-order valence-electron chi connectivity index (χ2n) is 3.26. The Morgan fingerprint density at radius 3 is 2.92 bits per heavy atom. The third kappa shape index (κ3) is 1.40. The standard InChI is InChI=1S/C9H10ClN3/c1-6(2)7-5-8(10)12-9-3-4-11-13(7)9/h3-6H,1-2H3. The zero-order chi connectivity index (χ0) is 9.42. The Hall–Kier alpha value is -1.09. The molecule has 13 heavy (non-hydrogen) atoms. The molecule has 0 saturated heterocycles. The van der Waals surface area contributed by atoms with Gasteiger partial charge in [0.1, 0.15) is 5.15 Å². The highest BCUT2D eigenvalue weighted by Gasteiger charge is 2.07. The van der Waals surface area contributed by atoms with E-state index in [-0.39, 0.29) is 0 Å². The molecule has 0 aromatic carbocycles. The number of rotatable bonds is 1. The van der Waals surface area contributed by atoms with Crippen LogP contribution in [0, 0.1) is 0 Å². The first kappa shape index (κ1) is 8.51. The summed E-state index contributed by atoms with van der Waals surface area (Å²) in [4.78, 5) is 4.14. The van der Waals surface area contributed by atoms with Gasteiger partial charge in [0.25, 0.3) is 0 Å². The SMILES string of the molecule is CC(C)c1cc(Cl)nc2ccnn12. The van der Waals surface area contributed by atoms with Gasteiger partial charge in [-0.2, -0.15) is 5.10 Å². The van der Waals surface area contributed by atoms with Crippen molar-refractivity contribution in [3.63, 3.8) is 0 Å². The molecule has 0 aliphatic rings. The minimum Gasteiger partial charge on any atom is -0.219 e. The second kappa shape index (κ2) is 3.00.